The lowest BCUT2D eigenvalue weighted by Crippen LogP contribution is -2.55. The highest BCUT2D eigenvalue weighted by atomic mass is 16.5. The van der Waals surface area contributed by atoms with Crippen molar-refractivity contribution in [2.24, 2.45) is 17.8 Å². The number of ether oxygens (including phenoxy) is 1. The van der Waals surface area contributed by atoms with Crippen LogP contribution >= 0.6 is 0 Å². The van der Waals surface area contributed by atoms with Crippen molar-refractivity contribution in [3.63, 3.8) is 0 Å². The molecule has 0 unspecified atom stereocenters. The van der Waals surface area contributed by atoms with Crippen molar-refractivity contribution in [2.75, 3.05) is 11.9 Å². The molecule has 4 bridgehead atoms. The smallest absolute Gasteiger partial charge is 0.280 e. The number of nitrogens with zero attached hydrogens (tertiary/aromatic N) is 3. The number of anilines is 1. The fraction of sp³-hybridized carbons (Fsp3) is 0.750. The number of hydrogen-bond acceptors (Lipinski definition) is 7. The van der Waals surface area contributed by atoms with Crippen LogP contribution in [-0.4, -0.2) is 54.1 Å². The lowest BCUT2D eigenvalue weighted by Gasteiger charge is -2.56. The van der Waals surface area contributed by atoms with Crippen molar-refractivity contribution in [3.8, 4) is 0 Å². The van der Waals surface area contributed by atoms with Crippen LogP contribution in [0.2, 0.25) is 0 Å². The molecule has 7 rings (SSSR count). The molecule has 5 aliphatic rings. The first-order valence-corrected chi connectivity index (χ1v) is 10.7. The molecule has 0 amide bonds. The van der Waals surface area contributed by atoms with Gasteiger partial charge in [-0.25, -0.2) is 4.98 Å². The zero-order valence-corrected chi connectivity index (χ0v) is 16.3. The first-order chi connectivity index (χ1) is 14.0. The van der Waals surface area contributed by atoms with Crippen LogP contribution in [0.1, 0.15) is 51.2 Å². The lowest BCUT2D eigenvalue weighted by molar-refractivity contribution is -0.0432. The third kappa shape index (κ3) is 2.82. The second-order valence-corrected chi connectivity index (χ2v) is 9.68. The molecule has 1 saturated heterocycles. The highest BCUT2D eigenvalue weighted by Crippen LogP contribution is 2.56. The van der Waals surface area contributed by atoms with Crippen LogP contribution in [0.25, 0.3) is 11.2 Å². The highest BCUT2D eigenvalue weighted by molar-refractivity contribution is 5.71. The van der Waals surface area contributed by atoms with Gasteiger partial charge in [0, 0.05) is 12.0 Å². The Morgan fingerprint density at radius 1 is 1.21 bits per heavy atom. The van der Waals surface area contributed by atoms with Gasteiger partial charge in [0.15, 0.2) is 11.2 Å². The normalized spacial score (nSPS) is 40.8. The number of nitrogens with one attached hydrogen (secondary N) is 2. The van der Waals surface area contributed by atoms with E-state index in [1.54, 1.807) is 4.57 Å². The summed E-state index contributed by atoms with van der Waals surface area (Å²) in [5, 5.41) is 23.0. The molecule has 2 aromatic rings. The van der Waals surface area contributed by atoms with E-state index in [-0.39, 0.29) is 23.2 Å². The predicted octanol–water partition coefficient (Wildman–Crippen LogP) is 1.14. The van der Waals surface area contributed by atoms with Gasteiger partial charge in [0.25, 0.3) is 5.56 Å². The Morgan fingerprint density at radius 3 is 2.52 bits per heavy atom. The van der Waals surface area contributed by atoms with Crippen molar-refractivity contribution >= 4 is 17.1 Å². The number of rotatable bonds is 4. The van der Waals surface area contributed by atoms with Crippen LogP contribution < -0.4 is 10.9 Å². The quantitative estimate of drug-likeness (QED) is 0.605. The Hall–Kier alpha value is -1.97. The van der Waals surface area contributed by atoms with Crippen LogP contribution in [0.5, 0.6) is 0 Å². The monoisotopic (exact) mass is 401 g/mol. The fourth-order valence-corrected chi connectivity index (χ4v) is 6.76. The maximum absolute atomic E-state index is 12.7. The number of hydrogen-bond donors (Lipinski definition) is 4. The molecule has 4 saturated carbocycles. The molecular formula is C20H27N5O4. The molecule has 29 heavy (non-hydrogen) atoms. The first-order valence-electron chi connectivity index (χ1n) is 10.7. The summed E-state index contributed by atoms with van der Waals surface area (Å²) in [6, 6.07) is 0. The van der Waals surface area contributed by atoms with E-state index >= 15 is 0 Å². The van der Waals surface area contributed by atoms with E-state index in [0.29, 0.717) is 18.0 Å². The summed E-state index contributed by atoms with van der Waals surface area (Å²) in [5.41, 5.74) is 0.451. The Morgan fingerprint density at radius 2 is 1.90 bits per heavy atom. The molecule has 0 aromatic carbocycles. The summed E-state index contributed by atoms with van der Waals surface area (Å²) < 4.78 is 7.43. The topological polar surface area (TPSA) is 125 Å². The number of aromatic nitrogens is 4. The third-order valence-corrected chi connectivity index (χ3v) is 7.55. The fourth-order valence-electron chi connectivity index (χ4n) is 6.76. The zero-order chi connectivity index (χ0) is 19.8. The standard InChI is InChI=1S/C20H27N5O4/c26-8-14-13(27)4-15(29-14)25-9-21-16-17(25)22-19(23-18(16)28)24-20-5-10-1-11(6-20)3-12(2-10)7-20/h9-15,26-27H,1-8H2,(H2,22,23,24,28)/t10?,11?,12?,13-,14+,15+,20?/m1/s1. The van der Waals surface area contributed by atoms with Gasteiger partial charge >= 0.3 is 0 Å². The van der Waals surface area contributed by atoms with Crippen LogP contribution in [-0.2, 0) is 4.74 Å². The summed E-state index contributed by atoms with van der Waals surface area (Å²) in [4.78, 5) is 24.4. The maximum Gasteiger partial charge on any atom is 0.280 e. The molecule has 4 aliphatic carbocycles. The van der Waals surface area contributed by atoms with E-state index in [2.05, 4.69) is 15.3 Å². The molecule has 9 nitrogen and oxygen atoms in total. The number of H-pyrrole nitrogens is 1. The second kappa shape index (κ2) is 6.26. The number of aliphatic hydroxyl groups is 2. The molecule has 5 fully saturated rings. The summed E-state index contributed by atoms with van der Waals surface area (Å²) in [6.45, 7) is -0.253. The van der Waals surface area contributed by atoms with Crippen LogP contribution in [0.4, 0.5) is 5.95 Å². The SMILES string of the molecule is O=c1[nH]c(NC23CC4CC(CC(C4)C2)C3)nc2c1ncn2[C@@H]1C[C@@H](O)[C@H](CO)O1. The minimum atomic E-state index is -0.755. The Kier molecular flexibility index (Phi) is 3.86. The van der Waals surface area contributed by atoms with Gasteiger partial charge in [-0.2, -0.15) is 4.98 Å². The van der Waals surface area contributed by atoms with Crippen molar-refractivity contribution in [3.05, 3.63) is 16.7 Å². The second-order valence-electron chi connectivity index (χ2n) is 9.68. The maximum atomic E-state index is 12.7. The average molecular weight is 401 g/mol. The summed E-state index contributed by atoms with van der Waals surface area (Å²) in [5.74, 6) is 2.86. The van der Waals surface area contributed by atoms with E-state index in [1.165, 1.54) is 25.6 Å². The number of aliphatic hydroxyl groups excluding tert-OH is 2. The Labute approximate surface area is 167 Å². The molecule has 2 aromatic heterocycles. The Balaban J connectivity index is 1.34. The minimum absolute atomic E-state index is 0.0330. The van der Waals surface area contributed by atoms with Crippen LogP contribution in [0.3, 0.4) is 0 Å². The Bertz CT molecular complexity index is 965. The van der Waals surface area contributed by atoms with Crippen molar-refractivity contribution < 1.29 is 14.9 Å². The van der Waals surface area contributed by atoms with E-state index < -0.39 is 18.4 Å². The van der Waals surface area contributed by atoms with Gasteiger partial charge < -0.3 is 20.3 Å². The molecule has 9 heteroatoms. The number of fused-ring (bicyclic) bond motifs is 1. The van der Waals surface area contributed by atoms with Gasteiger partial charge in [-0.05, 0) is 56.3 Å². The van der Waals surface area contributed by atoms with Crippen molar-refractivity contribution in [1.82, 2.24) is 19.5 Å². The van der Waals surface area contributed by atoms with Gasteiger partial charge in [0.2, 0.25) is 5.95 Å². The molecule has 0 spiro atoms. The number of aromatic amines is 1. The van der Waals surface area contributed by atoms with Crippen LogP contribution in [0, 0.1) is 17.8 Å². The van der Waals surface area contributed by atoms with Gasteiger partial charge in [0.1, 0.15) is 12.3 Å². The minimum Gasteiger partial charge on any atom is -0.394 e. The van der Waals surface area contributed by atoms with Gasteiger partial charge in [-0.1, -0.05) is 0 Å². The van der Waals surface area contributed by atoms with Crippen molar-refractivity contribution in [2.45, 2.75) is 68.9 Å². The summed E-state index contributed by atoms with van der Waals surface area (Å²) in [6.07, 6.45) is 7.45. The summed E-state index contributed by atoms with van der Waals surface area (Å²) in [7, 11) is 0. The van der Waals surface area contributed by atoms with E-state index in [4.69, 9.17) is 9.72 Å². The molecule has 4 N–H and O–H groups in total. The molecule has 156 valence electrons. The van der Waals surface area contributed by atoms with E-state index in [9.17, 15) is 15.0 Å². The average Bonchev–Trinajstić information content (AvgIpc) is 3.23. The molecule has 3 atom stereocenters. The molecule has 3 heterocycles. The highest BCUT2D eigenvalue weighted by Gasteiger charge is 2.51. The van der Waals surface area contributed by atoms with Gasteiger partial charge in [-0.3, -0.25) is 14.3 Å². The third-order valence-electron chi connectivity index (χ3n) is 7.55. The molecule has 0 radical (unpaired) electrons. The first kappa shape index (κ1) is 17.9. The van der Waals surface area contributed by atoms with Gasteiger partial charge in [-0.15, -0.1) is 0 Å². The van der Waals surface area contributed by atoms with E-state index in [1.807, 2.05) is 0 Å². The van der Waals surface area contributed by atoms with E-state index in [0.717, 1.165) is 37.0 Å². The van der Waals surface area contributed by atoms with Crippen LogP contribution in [0.15, 0.2) is 11.1 Å². The molecular weight excluding hydrogens is 374 g/mol. The predicted molar refractivity (Wildman–Crippen MR) is 104 cm³/mol. The van der Waals surface area contributed by atoms with Crippen molar-refractivity contribution in [1.29, 1.82) is 0 Å². The zero-order valence-electron chi connectivity index (χ0n) is 16.3. The molecule has 1 aliphatic heterocycles. The number of imidazole rings is 1. The lowest BCUT2D eigenvalue weighted by atomic mass is 9.53. The summed E-state index contributed by atoms with van der Waals surface area (Å²) >= 11 is 0. The van der Waals surface area contributed by atoms with Gasteiger partial charge in [0.05, 0.1) is 19.0 Å². The largest absolute Gasteiger partial charge is 0.394 e.